The Balaban J connectivity index is 0.00000261. The van der Waals surface area contributed by atoms with E-state index in [1.54, 1.807) is 0 Å². The van der Waals surface area contributed by atoms with Crippen LogP contribution < -0.4 is 32.9 Å². The fraction of sp³-hybridized carbons (Fsp3) is 0.200. The SMILES string of the molecule is CCCC/C=C/C[P+](c1ccccc1)(c1ccccc1)c1ccccc1.[Br-]. The van der Waals surface area contributed by atoms with E-state index < -0.39 is 7.26 Å². The van der Waals surface area contributed by atoms with Gasteiger partial charge in [-0.15, -0.1) is 0 Å². The molecular weight excluding hydrogens is 411 g/mol. The third-order valence-corrected chi connectivity index (χ3v) is 9.16. The van der Waals surface area contributed by atoms with Crippen LogP contribution in [0.4, 0.5) is 0 Å². The number of hydrogen-bond acceptors (Lipinski definition) is 0. The minimum atomic E-state index is -1.69. The predicted molar refractivity (Wildman–Crippen MR) is 119 cm³/mol. The molecule has 0 unspecified atom stereocenters. The lowest BCUT2D eigenvalue weighted by Gasteiger charge is -2.26. The third-order valence-electron chi connectivity index (χ3n) is 4.86. The molecule has 0 aromatic heterocycles. The molecule has 3 aromatic carbocycles. The minimum Gasteiger partial charge on any atom is -1.00 e. The monoisotopic (exact) mass is 438 g/mol. The van der Waals surface area contributed by atoms with Crippen molar-refractivity contribution in [3.05, 3.63) is 103 Å². The lowest BCUT2D eigenvalue weighted by molar-refractivity contribution is -0.00000515. The van der Waals surface area contributed by atoms with Crippen LogP contribution in [-0.4, -0.2) is 6.16 Å². The van der Waals surface area contributed by atoms with Crippen molar-refractivity contribution in [3.63, 3.8) is 0 Å². The van der Waals surface area contributed by atoms with E-state index in [-0.39, 0.29) is 17.0 Å². The van der Waals surface area contributed by atoms with Gasteiger partial charge in [0.05, 0.1) is 6.16 Å². The van der Waals surface area contributed by atoms with Gasteiger partial charge in [-0.3, -0.25) is 0 Å². The van der Waals surface area contributed by atoms with Gasteiger partial charge in [-0.25, -0.2) is 0 Å². The molecule has 0 bridgehead atoms. The highest BCUT2D eigenvalue weighted by Crippen LogP contribution is 2.55. The van der Waals surface area contributed by atoms with Crippen molar-refractivity contribution in [1.29, 1.82) is 0 Å². The first-order chi connectivity index (χ1) is 12.9. The van der Waals surface area contributed by atoms with E-state index in [9.17, 15) is 0 Å². The predicted octanol–water partition coefficient (Wildman–Crippen LogP) is 2.73. The van der Waals surface area contributed by atoms with Gasteiger partial charge in [0.25, 0.3) is 0 Å². The molecule has 0 atom stereocenters. The van der Waals surface area contributed by atoms with Crippen molar-refractivity contribution in [3.8, 4) is 0 Å². The molecule has 0 saturated carbocycles. The summed E-state index contributed by atoms with van der Waals surface area (Å²) in [5, 5.41) is 4.37. The van der Waals surface area contributed by atoms with E-state index in [0.717, 1.165) is 6.16 Å². The largest absolute Gasteiger partial charge is 1.00 e. The fourth-order valence-electron chi connectivity index (χ4n) is 3.48. The van der Waals surface area contributed by atoms with Gasteiger partial charge in [-0.2, -0.15) is 0 Å². The van der Waals surface area contributed by atoms with E-state index >= 15 is 0 Å². The minimum absolute atomic E-state index is 0. The Kier molecular flexibility index (Phi) is 8.98. The molecule has 140 valence electrons. The van der Waals surface area contributed by atoms with Crippen LogP contribution in [-0.2, 0) is 0 Å². The highest BCUT2D eigenvalue weighted by molar-refractivity contribution is 7.95. The van der Waals surface area contributed by atoms with E-state index in [1.165, 1.54) is 35.2 Å². The van der Waals surface area contributed by atoms with E-state index in [0.29, 0.717) is 0 Å². The number of halogens is 1. The molecule has 3 rings (SSSR count). The quantitative estimate of drug-likeness (QED) is 0.288. The maximum absolute atomic E-state index is 2.43. The Morgan fingerprint density at radius 2 is 1.04 bits per heavy atom. The normalized spacial score (nSPS) is 11.3. The fourth-order valence-corrected chi connectivity index (χ4v) is 7.52. The maximum atomic E-state index is 2.43. The zero-order chi connectivity index (χ0) is 18.1. The summed E-state index contributed by atoms with van der Waals surface area (Å²) in [7, 11) is -1.69. The number of benzene rings is 3. The molecule has 0 radical (unpaired) electrons. The van der Waals surface area contributed by atoms with Crippen molar-refractivity contribution in [2.45, 2.75) is 26.2 Å². The first kappa shape index (κ1) is 21.6. The Bertz CT molecular complexity index is 701. The first-order valence-corrected chi connectivity index (χ1v) is 11.6. The number of hydrogen-bond donors (Lipinski definition) is 0. The smallest absolute Gasteiger partial charge is 0.115 e. The van der Waals surface area contributed by atoms with Crippen LogP contribution in [0.1, 0.15) is 26.2 Å². The van der Waals surface area contributed by atoms with Gasteiger partial charge >= 0.3 is 0 Å². The molecule has 0 heterocycles. The second-order valence-corrected chi connectivity index (χ2v) is 10.1. The number of unbranched alkanes of at least 4 members (excludes halogenated alkanes) is 2. The molecule has 0 aliphatic carbocycles. The Hall–Kier alpha value is -1.69. The zero-order valence-electron chi connectivity index (χ0n) is 16.0. The summed E-state index contributed by atoms with van der Waals surface area (Å²) < 4.78 is 0. The lowest BCUT2D eigenvalue weighted by atomic mass is 10.2. The van der Waals surface area contributed by atoms with E-state index in [1.807, 2.05) is 0 Å². The average Bonchev–Trinajstić information content (AvgIpc) is 2.73. The van der Waals surface area contributed by atoms with Crippen LogP contribution in [0.15, 0.2) is 103 Å². The van der Waals surface area contributed by atoms with Crippen molar-refractivity contribution in [1.82, 2.24) is 0 Å². The summed E-state index contributed by atoms with van der Waals surface area (Å²) in [4.78, 5) is 0. The molecule has 0 fully saturated rings. The number of rotatable bonds is 8. The molecule has 0 aliphatic rings. The highest BCUT2D eigenvalue weighted by Gasteiger charge is 2.43. The Labute approximate surface area is 175 Å². The van der Waals surface area contributed by atoms with Crippen LogP contribution in [0.3, 0.4) is 0 Å². The van der Waals surface area contributed by atoms with Crippen molar-refractivity contribution >= 4 is 23.2 Å². The van der Waals surface area contributed by atoms with Crippen molar-refractivity contribution in [2.75, 3.05) is 6.16 Å². The Morgan fingerprint density at radius 1 is 0.630 bits per heavy atom. The van der Waals surface area contributed by atoms with Crippen LogP contribution in [0.25, 0.3) is 0 Å². The van der Waals surface area contributed by atoms with Gasteiger partial charge in [0.2, 0.25) is 0 Å². The molecule has 0 N–H and O–H groups in total. The molecule has 0 saturated heterocycles. The molecule has 27 heavy (non-hydrogen) atoms. The molecule has 3 aromatic rings. The van der Waals surface area contributed by atoms with E-state index in [4.69, 9.17) is 0 Å². The standard InChI is InChI=1S/C25H28P.BrH/c1-2-3-4-5-15-22-26(23-16-9-6-10-17-23,24-18-11-7-12-19-24)25-20-13-8-14-21-25;/h5-21H,2-4,22H2,1H3;1H/q+1;/p-1/b15-5+;. The van der Waals surface area contributed by atoms with Gasteiger partial charge in [-0.1, -0.05) is 86.5 Å². The van der Waals surface area contributed by atoms with Crippen LogP contribution in [0.2, 0.25) is 0 Å². The van der Waals surface area contributed by atoms with Gasteiger partial charge in [-0.05, 0) is 42.8 Å². The van der Waals surface area contributed by atoms with Crippen molar-refractivity contribution in [2.24, 2.45) is 0 Å². The molecular formula is C25H28BrP. The molecule has 2 heteroatoms. The Morgan fingerprint density at radius 3 is 1.41 bits per heavy atom. The molecule has 0 nitrogen and oxygen atoms in total. The summed E-state index contributed by atoms with van der Waals surface area (Å²) in [6.45, 7) is 2.25. The van der Waals surface area contributed by atoms with Gasteiger partial charge in [0.1, 0.15) is 23.2 Å². The van der Waals surface area contributed by atoms with Crippen LogP contribution in [0.5, 0.6) is 0 Å². The van der Waals surface area contributed by atoms with Crippen LogP contribution >= 0.6 is 7.26 Å². The van der Waals surface area contributed by atoms with Crippen molar-refractivity contribution < 1.29 is 17.0 Å². The highest BCUT2D eigenvalue weighted by atomic mass is 79.9. The molecule has 0 aliphatic heterocycles. The van der Waals surface area contributed by atoms with Crippen LogP contribution in [0, 0.1) is 0 Å². The maximum Gasteiger partial charge on any atom is 0.115 e. The summed E-state index contributed by atoms with van der Waals surface area (Å²) in [5.74, 6) is 0. The van der Waals surface area contributed by atoms with Gasteiger partial charge < -0.3 is 17.0 Å². The third kappa shape index (κ3) is 5.18. The second-order valence-electron chi connectivity index (χ2n) is 6.61. The topological polar surface area (TPSA) is 0 Å². The first-order valence-electron chi connectivity index (χ1n) is 9.58. The molecule has 0 spiro atoms. The van der Waals surface area contributed by atoms with E-state index in [2.05, 4.69) is 110 Å². The zero-order valence-corrected chi connectivity index (χ0v) is 18.4. The molecule has 0 amide bonds. The summed E-state index contributed by atoms with van der Waals surface area (Å²) >= 11 is 0. The summed E-state index contributed by atoms with van der Waals surface area (Å²) in [5.41, 5.74) is 0. The number of allylic oxidation sites excluding steroid dienone is 2. The lowest BCUT2D eigenvalue weighted by Crippen LogP contribution is -3.00. The van der Waals surface area contributed by atoms with Gasteiger partial charge in [0, 0.05) is 0 Å². The second kappa shape index (κ2) is 11.2. The summed E-state index contributed by atoms with van der Waals surface area (Å²) in [6, 6.07) is 33.3. The summed E-state index contributed by atoms with van der Waals surface area (Å²) in [6.07, 6.45) is 9.58. The average molecular weight is 439 g/mol. The van der Waals surface area contributed by atoms with Gasteiger partial charge in [0.15, 0.2) is 0 Å².